The van der Waals surface area contributed by atoms with E-state index >= 15 is 0 Å². The molecule has 0 amide bonds. The van der Waals surface area contributed by atoms with Crippen molar-refractivity contribution in [3.8, 4) is 0 Å². The first-order valence-corrected chi connectivity index (χ1v) is 9.19. The Kier molecular flexibility index (Phi) is 3.30. The van der Waals surface area contributed by atoms with Crippen molar-refractivity contribution in [1.29, 1.82) is 0 Å². The van der Waals surface area contributed by atoms with E-state index in [4.69, 9.17) is 0 Å². The number of allylic oxidation sites excluding steroid dienone is 8. The van der Waals surface area contributed by atoms with Gasteiger partial charge in [0.2, 0.25) is 0 Å². The fourth-order valence-corrected chi connectivity index (χ4v) is 7.54. The molecule has 0 spiro atoms. The van der Waals surface area contributed by atoms with Gasteiger partial charge in [-0.05, 0) is 0 Å². The van der Waals surface area contributed by atoms with Crippen LogP contribution < -0.4 is 0 Å². The average molecular weight is 365 g/mol. The van der Waals surface area contributed by atoms with Crippen LogP contribution in [-0.2, 0) is 22.9 Å². The van der Waals surface area contributed by atoms with Crippen LogP contribution in [0.3, 0.4) is 0 Å². The summed E-state index contributed by atoms with van der Waals surface area (Å²) in [4.78, 5) is 0. The van der Waals surface area contributed by atoms with E-state index in [1.54, 1.807) is 29.0 Å². The first-order chi connectivity index (χ1) is 7.09. The molecule has 0 unspecified atom stereocenters. The topological polar surface area (TPSA) is 0 Å². The Morgan fingerprint density at radius 1 is 0.800 bits per heavy atom. The Balaban J connectivity index is 2.24. The quantitative estimate of drug-likeness (QED) is 0.640. The minimum atomic E-state index is -0.746. The average Bonchev–Trinajstić information content (AvgIpc) is 2.67. The molecular weight excluding hydrogens is 347 g/mol. The molecule has 15 heavy (non-hydrogen) atoms. The summed E-state index contributed by atoms with van der Waals surface area (Å²) in [6.45, 7) is 9.23. The summed E-state index contributed by atoms with van der Waals surface area (Å²) in [5.74, 6) is 0. The first kappa shape index (κ1) is 11.3. The molecule has 0 aliphatic heterocycles. The molecule has 0 aromatic carbocycles. The molecule has 2 aliphatic carbocycles. The van der Waals surface area contributed by atoms with Gasteiger partial charge in [-0.2, -0.15) is 0 Å². The Morgan fingerprint density at radius 3 is 1.47 bits per heavy atom. The SMILES string of the molecule is CC1=CCC(C)=[C]1[Hf][C]1=C(C)CC=C1C. The molecule has 0 aromatic rings. The molecule has 0 heterocycles. The summed E-state index contributed by atoms with van der Waals surface area (Å²) >= 11 is -0.746. The van der Waals surface area contributed by atoms with Crippen LogP contribution in [0.25, 0.3) is 0 Å². The van der Waals surface area contributed by atoms with Gasteiger partial charge in [-0.3, -0.25) is 0 Å². The van der Waals surface area contributed by atoms with Crippen molar-refractivity contribution in [3.05, 3.63) is 41.1 Å². The van der Waals surface area contributed by atoms with Gasteiger partial charge in [0.15, 0.2) is 0 Å². The van der Waals surface area contributed by atoms with E-state index in [-0.39, 0.29) is 0 Å². The predicted molar refractivity (Wildman–Crippen MR) is 62.1 cm³/mol. The van der Waals surface area contributed by atoms with Gasteiger partial charge in [-0.1, -0.05) is 0 Å². The van der Waals surface area contributed by atoms with Crippen molar-refractivity contribution >= 4 is 0 Å². The normalized spacial score (nSPS) is 21.1. The molecule has 0 saturated carbocycles. The molecule has 0 saturated heterocycles. The Morgan fingerprint density at radius 2 is 1.20 bits per heavy atom. The van der Waals surface area contributed by atoms with Gasteiger partial charge < -0.3 is 0 Å². The summed E-state index contributed by atoms with van der Waals surface area (Å²) in [7, 11) is 0. The monoisotopic (exact) mass is 366 g/mol. The summed E-state index contributed by atoms with van der Waals surface area (Å²) in [5, 5.41) is 0. The molecule has 0 N–H and O–H groups in total. The molecular formula is C14H18Hf. The third kappa shape index (κ3) is 2.18. The Bertz CT molecular complexity index is 377. The standard InChI is InChI=1S/2C7H9.Hf/c2*1-6-3-4-7(2)5-6;/h2*3H,4H2,1-2H3;. The van der Waals surface area contributed by atoms with Gasteiger partial charge in [0.25, 0.3) is 0 Å². The molecule has 0 fully saturated rings. The predicted octanol–water partition coefficient (Wildman–Crippen LogP) is 4.32. The molecule has 78 valence electrons. The summed E-state index contributed by atoms with van der Waals surface area (Å²) in [6, 6.07) is 0. The van der Waals surface area contributed by atoms with Crippen LogP contribution in [0.1, 0.15) is 40.5 Å². The van der Waals surface area contributed by atoms with E-state index in [0.29, 0.717) is 0 Å². The molecule has 2 rings (SSSR count). The molecule has 0 aromatic heterocycles. The third-order valence-electron chi connectivity index (χ3n) is 3.32. The van der Waals surface area contributed by atoms with Gasteiger partial charge in [0.1, 0.15) is 0 Å². The molecule has 1 heteroatoms. The molecule has 2 aliphatic rings. The van der Waals surface area contributed by atoms with Crippen LogP contribution in [0.15, 0.2) is 41.1 Å². The van der Waals surface area contributed by atoms with E-state index in [9.17, 15) is 0 Å². The number of hydrogen-bond donors (Lipinski definition) is 0. The number of hydrogen-bond acceptors (Lipinski definition) is 0. The van der Waals surface area contributed by atoms with Gasteiger partial charge in [-0.15, -0.1) is 0 Å². The van der Waals surface area contributed by atoms with Gasteiger partial charge >= 0.3 is 105 Å². The fraction of sp³-hybridized carbons (Fsp3) is 0.429. The Hall–Kier alpha value is -0.170. The molecule has 0 atom stereocenters. The van der Waals surface area contributed by atoms with Crippen LogP contribution in [0, 0.1) is 0 Å². The summed E-state index contributed by atoms with van der Waals surface area (Å²) < 4.78 is 3.55. The summed E-state index contributed by atoms with van der Waals surface area (Å²) in [5.41, 5.74) is 6.46. The van der Waals surface area contributed by atoms with Crippen molar-refractivity contribution in [3.63, 3.8) is 0 Å². The van der Waals surface area contributed by atoms with Crippen molar-refractivity contribution in [2.24, 2.45) is 0 Å². The zero-order valence-corrected chi connectivity index (χ0v) is 13.7. The third-order valence-corrected chi connectivity index (χ3v) is 11.0. The second kappa shape index (κ2) is 4.37. The van der Waals surface area contributed by atoms with E-state index in [0.717, 1.165) is 0 Å². The van der Waals surface area contributed by atoms with Gasteiger partial charge in [0, 0.05) is 0 Å². The zero-order valence-electron chi connectivity index (χ0n) is 10.1. The van der Waals surface area contributed by atoms with Crippen LogP contribution >= 0.6 is 0 Å². The summed E-state index contributed by atoms with van der Waals surface area (Å²) in [6.07, 6.45) is 7.23. The van der Waals surface area contributed by atoms with Crippen molar-refractivity contribution < 1.29 is 22.9 Å². The second-order valence-electron chi connectivity index (χ2n) is 4.62. The van der Waals surface area contributed by atoms with E-state index in [1.165, 1.54) is 12.8 Å². The van der Waals surface area contributed by atoms with E-state index in [1.807, 2.05) is 0 Å². The first-order valence-electron chi connectivity index (χ1n) is 5.60. The van der Waals surface area contributed by atoms with Gasteiger partial charge in [0.05, 0.1) is 0 Å². The van der Waals surface area contributed by atoms with Crippen molar-refractivity contribution in [2.75, 3.05) is 0 Å². The van der Waals surface area contributed by atoms with E-state index in [2.05, 4.69) is 39.8 Å². The van der Waals surface area contributed by atoms with Gasteiger partial charge in [-0.25, -0.2) is 0 Å². The maximum absolute atomic E-state index is 2.40. The number of rotatable bonds is 2. The van der Waals surface area contributed by atoms with Crippen LogP contribution in [0.4, 0.5) is 0 Å². The van der Waals surface area contributed by atoms with E-state index < -0.39 is 22.9 Å². The molecule has 0 radical (unpaired) electrons. The van der Waals surface area contributed by atoms with Crippen molar-refractivity contribution in [1.82, 2.24) is 0 Å². The molecule has 0 bridgehead atoms. The fourth-order valence-electron chi connectivity index (χ4n) is 2.23. The van der Waals surface area contributed by atoms with Crippen LogP contribution in [0.2, 0.25) is 0 Å². The molecule has 0 nitrogen and oxygen atoms in total. The van der Waals surface area contributed by atoms with Crippen molar-refractivity contribution in [2.45, 2.75) is 40.5 Å². The van der Waals surface area contributed by atoms with Crippen LogP contribution in [-0.4, -0.2) is 0 Å². The maximum atomic E-state index is 2.40. The Labute approximate surface area is 104 Å². The minimum absolute atomic E-state index is 0.746. The zero-order chi connectivity index (χ0) is 11.0. The second-order valence-corrected chi connectivity index (χ2v) is 9.11. The van der Waals surface area contributed by atoms with Crippen LogP contribution in [0.5, 0.6) is 0 Å².